The Balaban J connectivity index is 2.13. The molecular weight excluding hydrogens is 286 g/mol. The van der Waals surface area contributed by atoms with Crippen LogP contribution in [0.2, 0.25) is 5.02 Å². The zero-order valence-corrected chi connectivity index (χ0v) is 13.7. The minimum Gasteiger partial charge on any atom is -0.487 e. The maximum absolute atomic E-state index is 6.29. The Morgan fingerprint density at radius 3 is 2.86 bits per heavy atom. The fourth-order valence-corrected chi connectivity index (χ4v) is 2.39. The molecule has 1 heterocycles. The van der Waals surface area contributed by atoms with Crippen molar-refractivity contribution in [2.75, 3.05) is 7.05 Å². The summed E-state index contributed by atoms with van der Waals surface area (Å²) in [7, 11) is 1.94. The highest BCUT2D eigenvalue weighted by atomic mass is 35.5. The van der Waals surface area contributed by atoms with E-state index in [1.165, 1.54) is 5.56 Å². The van der Waals surface area contributed by atoms with Gasteiger partial charge in [0.25, 0.3) is 0 Å². The van der Waals surface area contributed by atoms with E-state index in [0.29, 0.717) is 17.7 Å². The highest BCUT2D eigenvalue weighted by Crippen LogP contribution is 2.24. The first-order chi connectivity index (χ1) is 10.1. The van der Waals surface area contributed by atoms with Crippen molar-refractivity contribution in [3.05, 3.63) is 46.2 Å². The zero-order chi connectivity index (χ0) is 15.4. The number of rotatable bonds is 6. The Morgan fingerprint density at radius 1 is 1.43 bits per heavy atom. The summed E-state index contributed by atoms with van der Waals surface area (Å²) in [5.74, 6) is 0.840. The maximum Gasteiger partial charge on any atom is 0.131 e. The molecule has 2 aromatic rings. The summed E-state index contributed by atoms with van der Waals surface area (Å²) in [5, 5.41) is 8.31. The first-order valence-corrected chi connectivity index (χ1v) is 7.56. The lowest BCUT2D eigenvalue weighted by molar-refractivity contribution is 0.292. The van der Waals surface area contributed by atoms with Gasteiger partial charge in [0.05, 0.1) is 16.4 Å². The Kier molecular flexibility index (Phi) is 5.26. The summed E-state index contributed by atoms with van der Waals surface area (Å²) in [4.78, 5) is 0. The molecule has 0 fully saturated rings. The molecule has 0 amide bonds. The van der Waals surface area contributed by atoms with Gasteiger partial charge in [-0.25, -0.2) is 0 Å². The number of hydrogen-bond acceptors (Lipinski definition) is 3. The molecule has 0 radical (unpaired) electrons. The van der Waals surface area contributed by atoms with Crippen molar-refractivity contribution in [1.29, 1.82) is 0 Å². The van der Waals surface area contributed by atoms with Crippen LogP contribution in [0.25, 0.3) is 0 Å². The molecule has 0 saturated carbocycles. The van der Waals surface area contributed by atoms with Crippen molar-refractivity contribution in [1.82, 2.24) is 15.1 Å². The van der Waals surface area contributed by atoms with Crippen LogP contribution < -0.4 is 10.1 Å². The van der Waals surface area contributed by atoms with E-state index in [9.17, 15) is 0 Å². The summed E-state index contributed by atoms with van der Waals surface area (Å²) in [6.07, 6.45) is 0. The first-order valence-electron chi connectivity index (χ1n) is 7.18. The quantitative estimate of drug-likeness (QED) is 0.884. The van der Waals surface area contributed by atoms with Crippen LogP contribution in [-0.2, 0) is 13.2 Å². The Hall–Kier alpha value is -1.52. The molecule has 1 aromatic carbocycles. The van der Waals surface area contributed by atoms with E-state index in [1.807, 2.05) is 37.7 Å². The average molecular weight is 308 g/mol. The SMILES string of the molecule is CCn1nc(C)c(Cl)c1COc1cccc(C(C)NC)c1. The fraction of sp³-hybridized carbons (Fsp3) is 0.438. The van der Waals surface area contributed by atoms with Gasteiger partial charge in [-0.2, -0.15) is 5.10 Å². The molecule has 0 aliphatic rings. The van der Waals surface area contributed by atoms with Crippen LogP contribution in [0.1, 0.15) is 36.8 Å². The van der Waals surface area contributed by atoms with Gasteiger partial charge in [-0.15, -0.1) is 0 Å². The van der Waals surface area contributed by atoms with Crippen molar-refractivity contribution < 1.29 is 4.74 Å². The van der Waals surface area contributed by atoms with Crippen molar-refractivity contribution in [2.24, 2.45) is 0 Å². The van der Waals surface area contributed by atoms with E-state index >= 15 is 0 Å². The van der Waals surface area contributed by atoms with Crippen molar-refractivity contribution in [3.8, 4) is 5.75 Å². The number of ether oxygens (including phenoxy) is 1. The normalized spacial score (nSPS) is 12.4. The molecule has 0 spiro atoms. The van der Waals surface area contributed by atoms with E-state index in [1.54, 1.807) is 0 Å². The van der Waals surface area contributed by atoms with Gasteiger partial charge in [-0.1, -0.05) is 23.7 Å². The van der Waals surface area contributed by atoms with Gasteiger partial charge < -0.3 is 10.1 Å². The molecule has 0 saturated heterocycles. The topological polar surface area (TPSA) is 39.1 Å². The van der Waals surface area contributed by atoms with E-state index in [-0.39, 0.29) is 0 Å². The van der Waals surface area contributed by atoms with Gasteiger partial charge in [0.15, 0.2) is 0 Å². The number of aromatic nitrogens is 2. The smallest absolute Gasteiger partial charge is 0.131 e. The molecule has 114 valence electrons. The van der Waals surface area contributed by atoms with Gasteiger partial charge in [-0.3, -0.25) is 4.68 Å². The third-order valence-corrected chi connectivity index (χ3v) is 4.11. The van der Waals surface area contributed by atoms with Gasteiger partial charge in [0, 0.05) is 12.6 Å². The van der Waals surface area contributed by atoms with Gasteiger partial charge >= 0.3 is 0 Å². The van der Waals surface area contributed by atoms with Crippen LogP contribution in [0.15, 0.2) is 24.3 Å². The number of aryl methyl sites for hydroxylation is 2. The standard InChI is InChI=1S/C16H22ClN3O/c1-5-20-15(16(17)12(3)19-20)10-21-14-8-6-7-13(9-14)11(2)18-4/h6-9,11,18H,5,10H2,1-4H3. The Bertz CT molecular complexity index is 610. The molecule has 0 aliphatic heterocycles. The largest absolute Gasteiger partial charge is 0.487 e. The lowest BCUT2D eigenvalue weighted by Gasteiger charge is -2.13. The second-order valence-corrected chi connectivity index (χ2v) is 5.41. The van der Waals surface area contributed by atoms with Gasteiger partial charge in [0.2, 0.25) is 0 Å². The molecule has 2 rings (SSSR count). The molecule has 1 atom stereocenters. The Morgan fingerprint density at radius 2 is 2.19 bits per heavy atom. The average Bonchev–Trinajstić information content (AvgIpc) is 2.79. The van der Waals surface area contributed by atoms with Crippen LogP contribution in [0, 0.1) is 6.92 Å². The number of nitrogens with zero attached hydrogens (tertiary/aromatic N) is 2. The summed E-state index contributed by atoms with van der Waals surface area (Å²) >= 11 is 6.29. The van der Waals surface area contributed by atoms with Crippen LogP contribution in [0.4, 0.5) is 0 Å². The van der Waals surface area contributed by atoms with Crippen molar-refractivity contribution in [3.63, 3.8) is 0 Å². The molecule has 0 aliphatic carbocycles. The minimum atomic E-state index is 0.292. The third-order valence-electron chi connectivity index (χ3n) is 3.62. The van der Waals surface area contributed by atoms with Crippen molar-refractivity contribution >= 4 is 11.6 Å². The number of halogens is 1. The zero-order valence-electron chi connectivity index (χ0n) is 13.0. The summed E-state index contributed by atoms with van der Waals surface area (Å²) in [6.45, 7) is 7.27. The van der Waals surface area contributed by atoms with Crippen LogP contribution in [-0.4, -0.2) is 16.8 Å². The fourth-order valence-electron chi connectivity index (χ4n) is 2.20. The Labute approximate surface area is 131 Å². The highest BCUT2D eigenvalue weighted by molar-refractivity contribution is 6.31. The van der Waals surface area contributed by atoms with E-state index < -0.39 is 0 Å². The van der Waals surface area contributed by atoms with Crippen LogP contribution in [0.3, 0.4) is 0 Å². The highest BCUT2D eigenvalue weighted by Gasteiger charge is 2.13. The van der Waals surface area contributed by atoms with E-state index in [2.05, 4.69) is 29.5 Å². The molecule has 5 heteroatoms. The summed E-state index contributed by atoms with van der Waals surface area (Å²) < 4.78 is 7.78. The first kappa shape index (κ1) is 15.9. The molecule has 21 heavy (non-hydrogen) atoms. The third kappa shape index (κ3) is 3.57. The molecule has 4 nitrogen and oxygen atoms in total. The second-order valence-electron chi connectivity index (χ2n) is 5.03. The number of nitrogens with one attached hydrogen (secondary N) is 1. The summed E-state index contributed by atoms with van der Waals surface area (Å²) in [6, 6.07) is 8.39. The molecule has 1 unspecified atom stereocenters. The van der Waals surface area contributed by atoms with Gasteiger partial charge in [-0.05, 0) is 45.5 Å². The monoisotopic (exact) mass is 307 g/mol. The van der Waals surface area contributed by atoms with Gasteiger partial charge in [0.1, 0.15) is 12.4 Å². The predicted molar refractivity (Wildman–Crippen MR) is 85.9 cm³/mol. The lowest BCUT2D eigenvalue weighted by atomic mass is 10.1. The van der Waals surface area contributed by atoms with E-state index in [0.717, 1.165) is 23.7 Å². The number of benzene rings is 1. The lowest BCUT2D eigenvalue weighted by Crippen LogP contribution is -2.12. The second kappa shape index (κ2) is 6.96. The molecule has 1 aromatic heterocycles. The molecule has 1 N–H and O–H groups in total. The maximum atomic E-state index is 6.29. The van der Waals surface area contributed by atoms with E-state index in [4.69, 9.17) is 16.3 Å². The van der Waals surface area contributed by atoms with Crippen LogP contribution >= 0.6 is 11.6 Å². The van der Waals surface area contributed by atoms with Crippen LogP contribution in [0.5, 0.6) is 5.75 Å². The molecular formula is C16H22ClN3O. The van der Waals surface area contributed by atoms with Crippen molar-refractivity contribution in [2.45, 2.75) is 40.0 Å². The number of hydrogen-bond donors (Lipinski definition) is 1. The minimum absolute atomic E-state index is 0.292. The summed E-state index contributed by atoms with van der Waals surface area (Å²) in [5.41, 5.74) is 2.96. The predicted octanol–water partition coefficient (Wildman–Crippen LogP) is 3.72. The molecule has 0 bridgehead atoms.